The quantitative estimate of drug-likeness (QED) is 0.480. The second-order valence-electron chi connectivity index (χ2n) is 3.42. The molecule has 0 atom stereocenters. The van der Waals surface area contributed by atoms with Crippen LogP contribution in [-0.4, -0.2) is 32.2 Å². The van der Waals surface area contributed by atoms with E-state index in [1.165, 1.54) is 13.2 Å². The molecule has 88 valence electrons. The monoisotopic (exact) mass is 243 g/mol. The number of benzene rings is 1. The van der Waals surface area contributed by atoms with E-state index in [1.807, 2.05) is 0 Å². The van der Waals surface area contributed by atoms with Crippen LogP contribution in [0.5, 0.6) is 0 Å². The molecule has 1 rings (SSSR count). The zero-order chi connectivity index (χ0) is 12.3. The van der Waals surface area contributed by atoms with Crippen molar-refractivity contribution < 1.29 is 9.53 Å². The van der Waals surface area contributed by atoms with Gasteiger partial charge in [-0.2, -0.15) is 0 Å². The van der Waals surface area contributed by atoms with Gasteiger partial charge >= 0.3 is 5.97 Å². The number of nitrogens with two attached hydrogens (primary N) is 1. The summed E-state index contributed by atoms with van der Waals surface area (Å²) in [4.78, 5) is 11.5. The second-order valence-corrected chi connectivity index (χ2v) is 3.83. The number of nitrogen functional groups attached to an aromatic ring is 1. The molecule has 0 heterocycles. The molecule has 6 heteroatoms. The molecular weight excluding hydrogens is 230 g/mol. The topological polar surface area (TPSA) is 67.6 Å². The Hall–Kier alpha value is -1.46. The number of hydrogen-bond donors (Lipinski definition) is 2. The average molecular weight is 244 g/mol. The minimum Gasteiger partial charge on any atom is -0.465 e. The van der Waals surface area contributed by atoms with Crippen LogP contribution >= 0.6 is 11.6 Å². The van der Waals surface area contributed by atoms with Gasteiger partial charge in [0.1, 0.15) is 0 Å². The van der Waals surface area contributed by atoms with Crippen molar-refractivity contribution in [3.63, 3.8) is 0 Å². The van der Waals surface area contributed by atoms with Crippen molar-refractivity contribution in [3.05, 3.63) is 22.7 Å². The van der Waals surface area contributed by atoms with Crippen LogP contribution < -0.4 is 11.2 Å². The van der Waals surface area contributed by atoms with Gasteiger partial charge in [-0.15, -0.1) is 0 Å². The van der Waals surface area contributed by atoms with Gasteiger partial charge in [0.15, 0.2) is 0 Å². The van der Waals surface area contributed by atoms with Gasteiger partial charge in [-0.3, -0.25) is 0 Å². The summed E-state index contributed by atoms with van der Waals surface area (Å²) in [7, 11) is 4.88. The summed E-state index contributed by atoms with van der Waals surface area (Å²) in [6.07, 6.45) is 0. The summed E-state index contributed by atoms with van der Waals surface area (Å²) >= 11 is 6.00. The first kappa shape index (κ1) is 12.6. The molecule has 0 aliphatic rings. The summed E-state index contributed by atoms with van der Waals surface area (Å²) in [6.45, 7) is 0. The van der Waals surface area contributed by atoms with E-state index in [0.29, 0.717) is 22.0 Å². The Morgan fingerprint density at radius 3 is 2.62 bits per heavy atom. The van der Waals surface area contributed by atoms with Crippen LogP contribution in [0.25, 0.3) is 0 Å². The fourth-order valence-electron chi connectivity index (χ4n) is 1.24. The fourth-order valence-corrected chi connectivity index (χ4v) is 1.51. The lowest BCUT2D eigenvalue weighted by Gasteiger charge is -2.18. The molecule has 1 aromatic rings. The highest BCUT2D eigenvalue weighted by molar-refractivity contribution is 6.34. The molecule has 0 fully saturated rings. The maximum Gasteiger partial charge on any atom is 0.340 e. The third-order valence-electron chi connectivity index (χ3n) is 1.85. The molecule has 0 aromatic heterocycles. The number of nitrogens with one attached hydrogen (secondary N) is 1. The van der Waals surface area contributed by atoms with E-state index in [4.69, 9.17) is 17.3 Å². The Kier molecular flexibility index (Phi) is 3.98. The fraction of sp³-hybridized carbons (Fsp3) is 0.300. The zero-order valence-electron chi connectivity index (χ0n) is 9.37. The van der Waals surface area contributed by atoms with E-state index in [1.54, 1.807) is 25.2 Å². The molecule has 0 unspecified atom stereocenters. The SMILES string of the molecule is COC(=O)c1cc(N)cc(Cl)c1NN(C)C. The maximum atomic E-state index is 11.5. The molecule has 0 radical (unpaired) electrons. The standard InChI is InChI=1S/C10H14ClN3O2/c1-14(2)13-9-7(10(15)16-3)4-6(12)5-8(9)11/h4-5,13H,12H2,1-3H3. The summed E-state index contributed by atoms with van der Waals surface area (Å²) in [5.41, 5.74) is 9.74. The first-order valence-corrected chi connectivity index (χ1v) is 4.94. The number of halogens is 1. The van der Waals surface area contributed by atoms with Crippen LogP contribution in [-0.2, 0) is 4.74 Å². The van der Waals surface area contributed by atoms with Crippen LogP contribution in [0, 0.1) is 0 Å². The summed E-state index contributed by atoms with van der Waals surface area (Å²) in [5, 5.41) is 2.04. The van der Waals surface area contributed by atoms with E-state index >= 15 is 0 Å². The number of nitrogens with zero attached hydrogens (tertiary/aromatic N) is 1. The highest BCUT2D eigenvalue weighted by atomic mass is 35.5. The number of ether oxygens (including phenoxy) is 1. The highest BCUT2D eigenvalue weighted by Gasteiger charge is 2.16. The Balaban J connectivity index is 3.26. The number of rotatable bonds is 3. The number of carbonyl (C=O) groups excluding carboxylic acids is 1. The number of methoxy groups -OCH3 is 1. The van der Waals surface area contributed by atoms with Gasteiger partial charge in [-0.05, 0) is 12.1 Å². The number of carbonyl (C=O) groups is 1. The number of anilines is 2. The first-order valence-electron chi connectivity index (χ1n) is 4.57. The number of hydrogen-bond acceptors (Lipinski definition) is 5. The van der Waals surface area contributed by atoms with Gasteiger partial charge < -0.3 is 15.9 Å². The van der Waals surface area contributed by atoms with Crippen molar-refractivity contribution in [2.45, 2.75) is 0 Å². The normalized spacial score (nSPS) is 10.3. The van der Waals surface area contributed by atoms with E-state index < -0.39 is 5.97 Å². The van der Waals surface area contributed by atoms with Crippen LogP contribution in [0.4, 0.5) is 11.4 Å². The zero-order valence-corrected chi connectivity index (χ0v) is 10.1. The molecule has 16 heavy (non-hydrogen) atoms. The van der Waals surface area contributed by atoms with Gasteiger partial charge in [-0.1, -0.05) is 11.6 Å². The molecule has 0 amide bonds. The van der Waals surface area contributed by atoms with Crippen molar-refractivity contribution in [2.75, 3.05) is 32.4 Å². The van der Waals surface area contributed by atoms with Crippen LogP contribution in [0.15, 0.2) is 12.1 Å². The third-order valence-corrected chi connectivity index (χ3v) is 2.15. The second kappa shape index (κ2) is 5.05. The van der Waals surface area contributed by atoms with E-state index in [-0.39, 0.29) is 0 Å². The van der Waals surface area contributed by atoms with Gasteiger partial charge in [0.05, 0.1) is 23.4 Å². The molecule has 5 nitrogen and oxygen atoms in total. The molecule has 0 spiro atoms. The third kappa shape index (κ3) is 2.77. The largest absolute Gasteiger partial charge is 0.465 e. The molecule has 0 saturated heterocycles. The molecule has 0 saturated carbocycles. The molecule has 1 aromatic carbocycles. The van der Waals surface area contributed by atoms with Gasteiger partial charge in [0.25, 0.3) is 0 Å². The Labute approximate surface area is 99.1 Å². The molecule has 0 bridgehead atoms. The van der Waals surface area contributed by atoms with Crippen LogP contribution in [0.1, 0.15) is 10.4 Å². The first-order chi connectivity index (χ1) is 7.45. The maximum absolute atomic E-state index is 11.5. The van der Waals surface area contributed by atoms with Crippen molar-refractivity contribution in [2.24, 2.45) is 0 Å². The van der Waals surface area contributed by atoms with Crippen molar-refractivity contribution in [1.82, 2.24) is 5.01 Å². The van der Waals surface area contributed by atoms with Crippen LogP contribution in [0.3, 0.4) is 0 Å². The van der Waals surface area contributed by atoms with Crippen molar-refractivity contribution in [1.29, 1.82) is 0 Å². The minimum absolute atomic E-state index is 0.307. The molecule has 0 aliphatic heterocycles. The van der Waals surface area contributed by atoms with E-state index in [2.05, 4.69) is 10.2 Å². The van der Waals surface area contributed by atoms with E-state index in [0.717, 1.165) is 0 Å². The van der Waals surface area contributed by atoms with Crippen molar-refractivity contribution >= 4 is 28.9 Å². The average Bonchev–Trinajstić information content (AvgIpc) is 2.20. The summed E-state index contributed by atoms with van der Waals surface area (Å²) in [6, 6.07) is 3.09. The summed E-state index contributed by atoms with van der Waals surface area (Å²) in [5.74, 6) is -0.487. The Morgan fingerprint density at radius 1 is 1.50 bits per heavy atom. The predicted molar refractivity (Wildman–Crippen MR) is 64.5 cm³/mol. The number of hydrazine groups is 1. The number of esters is 1. The van der Waals surface area contributed by atoms with Gasteiger partial charge in [0, 0.05) is 19.8 Å². The van der Waals surface area contributed by atoms with Crippen LogP contribution in [0.2, 0.25) is 5.02 Å². The lowest BCUT2D eigenvalue weighted by Crippen LogP contribution is -2.22. The van der Waals surface area contributed by atoms with Crippen molar-refractivity contribution in [3.8, 4) is 0 Å². The smallest absolute Gasteiger partial charge is 0.340 e. The van der Waals surface area contributed by atoms with Gasteiger partial charge in [-0.25, -0.2) is 9.80 Å². The molecule has 3 N–H and O–H groups in total. The lowest BCUT2D eigenvalue weighted by atomic mass is 10.1. The Morgan fingerprint density at radius 2 is 2.12 bits per heavy atom. The van der Waals surface area contributed by atoms with E-state index in [9.17, 15) is 4.79 Å². The lowest BCUT2D eigenvalue weighted by molar-refractivity contribution is 0.0601. The molecular formula is C10H14ClN3O2. The predicted octanol–water partition coefficient (Wildman–Crippen LogP) is 1.60. The Bertz CT molecular complexity index is 407. The highest BCUT2D eigenvalue weighted by Crippen LogP contribution is 2.29. The van der Waals surface area contributed by atoms with Gasteiger partial charge in [0.2, 0.25) is 0 Å². The minimum atomic E-state index is -0.487. The molecule has 0 aliphatic carbocycles. The summed E-state index contributed by atoms with van der Waals surface area (Å²) < 4.78 is 4.66.